The Labute approximate surface area is 174 Å². The highest BCUT2D eigenvalue weighted by Gasteiger charge is 2.48. The predicted octanol–water partition coefficient (Wildman–Crippen LogP) is 3.66. The number of fused-ring (bicyclic) bond motifs is 4. The molecule has 1 saturated carbocycles. The lowest BCUT2D eigenvalue weighted by atomic mass is 9.82. The van der Waals surface area contributed by atoms with E-state index in [9.17, 15) is 4.39 Å². The second-order valence-electron chi connectivity index (χ2n) is 8.49. The SMILES string of the molecule is CC(C)(F)COc1cnc2c(c1)C1(COC(N)=N1)c1cc(C#CC3CC3)ccc1O2. The van der Waals surface area contributed by atoms with E-state index in [1.807, 2.05) is 18.2 Å². The van der Waals surface area contributed by atoms with Gasteiger partial charge in [0.25, 0.3) is 6.02 Å². The van der Waals surface area contributed by atoms with E-state index in [1.165, 1.54) is 20.0 Å². The number of hydrogen-bond acceptors (Lipinski definition) is 6. The normalized spacial score (nSPS) is 21.5. The van der Waals surface area contributed by atoms with Crippen molar-refractivity contribution < 1.29 is 18.6 Å². The Kier molecular flexibility index (Phi) is 4.14. The molecule has 1 aromatic carbocycles. The molecule has 3 heterocycles. The number of amidine groups is 1. The van der Waals surface area contributed by atoms with Gasteiger partial charge in [-0.15, -0.1) is 0 Å². The Bertz CT molecular complexity index is 1110. The molecule has 0 bridgehead atoms. The van der Waals surface area contributed by atoms with Crippen LogP contribution in [0.15, 0.2) is 35.5 Å². The van der Waals surface area contributed by atoms with Crippen molar-refractivity contribution in [3.63, 3.8) is 0 Å². The number of hydrogen-bond donors (Lipinski definition) is 1. The number of benzene rings is 1. The lowest BCUT2D eigenvalue weighted by Gasteiger charge is -2.33. The van der Waals surface area contributed by atoms with Gasteiger partial charge in [0.2, 0.25) is 5.88 Å². The molecular weight excluding hydrogens is 385 g/mol. The van der Waals surface area contributed by atoms with Crippen molar-refractivity contribution in [2.24, 2.45) is 16.6 Å². The van der Waals surface area contributed by atoms with E-state index in [0.717, 1.165) is 24.0 Å². The molecule has 1 aromatic heterocycles. The molecule has 7 heteroatoms. The molecule has 154 valence electrons. The van der Waals surface area contributed by atoms with Gasteiger partial charge in [0.05, 0.1) is 11.8 Å². The predicted molar refractivity (Wildman–Crippen MR) is 109 cm³/mol. The molecule has 5 rings (SSSR count). The van der Waals surface area contributed by atoms with Crippen LogP contribution in [0, 0.1) is 17.8 Å². The van der Waals surface area contributed by atoms with Gasteiger partial charge in [-0.3, -0.25) is 0 Å². The van der Waals surface area contributed by atoms with E-state index in [-0.39, 0.29) is 19.2 Å². The standard InChI is InChI=1S/C23H22FN3O3/c1-22(2,24)12-28-16-10-18-20(26-11-16)30-19-8-7-15(6-5-14-3-4-14)9-17(19)23(18)13-29-21(25)27-23/h7-11,14H,3-4,12-13H2,1-2H3,(H2,25,27). The van der Waals surface area contributed by atoms with Gasteiger partial charge in [-0.1, -0.05) is 11.8 Å². The van der Waals surface area contributed by atoms with Gasteiger partial charge in [0.15, 0.2) is 5.54 Å². The minimum Gasteiger partial charge on any atom is -0.489 e. The largest absolute Gasteiger partial charge is 0.489 e. The van der Waals surface area contributed by atoms with Gasteiger partial charge < -0.3 is 19.9 Å². The molecule has 3 aliphatic rings. The summed E-state index contributed by atoms with van der Waals surface area (Å²) in [6.07, 6.45) is 3.84. The smallest absolute Gasteiger partial charge is 0.283 e. The van der Waals surface area contributed by atoms with Crippen molar-refractivity contribution in [2.75, 3.05) is 13.2 Å². The van der Waals surface area contributed by atoms with Crippen LogP contribution in [0.3, 0.4) is 0 Å². The van der Waals surface area contributed by atoms with Crippen molar-refractivity contribution >= 4 is 6.02 Å². The Balaban J connectivity index is 1.58. The molecule has 2 N–H and O–H groups in total. The highest BCUT2D eigenvalue weighted by atomic mass is 19.1. The Morgan fingerprint density at radius 1 is 1.30 bits per heavy atom. The fourth-order valence-electron chi connectivity index (χ4n) is 3.53. The van der Waals surface area contributed by atoms with Crippen LogP contribution in [0.4, 0.5) is 4.39 Å². The second-order valence-corrected chi connectivity index (χ2v) is 8.49. The molecule has 1 atom stereocenters. The maximum atomic E-state index is 13.9. The fraction of sp³-hybridized carbons (Fsp3) is 0.391. The first kappa shape index (κ1) is 18.7. The van der Waals surface area contributed by atoms with Crippen LogP contribution >= 0.6 is 0 Å². The van der Waals surface area contributed by atoms with Crippen LogP contribution in [-0.2, 0) is 10.3 Å². The Hall–Kier alpha value is -3.27. The van der Waals surface area contributed by atoms with Crippen LogP contribution in [0.2, 0.25) is 0 Å². The van der Waals surface area contributed by atoms with Crippen molar-refractivity contribution in [3.05, 3.63) is 47.2 Å². The number of aliphatic imine (C=N–C) groups is 1. The molecular formula is C23H22FN3O3. The summed E-state index contributed by atoms with van der Waals surface area (Å²) in [5.74, 6) is 8.47. The van der Waals surface area contributed by atoms with Crippen molar-refractivity contribution in [1.82, 2.24) is 4.98 Å². The van der Waals surface area contributed by atoms with Crippen molar-refractivity contribution in [2.45, 2.75) is 37.9 Å². The number of rotatable bonds is 3. The Morgan fingerprint density at radius 3 is 2.83 bits per heavy atom. The number of pyridine rings is 1. The number of alkyl halides is 1. The van der Waals surface area contributed by atoms with Gasteiger partial charge in [-0.05, 0) is 51.0 Å². The highest BCUT2D eigenvalue weighted by molar-refractivity contribution is 5.76. The maximum Gasteiger partial charge on any atom is 0.283 e. The number of nitrogens with two attached hydrogens (primary N) is 1. The van der Waals surface area contributed by atoms with Crippen LogP contribution < -0.4 is 15.2 Å². The first-order valence-corrected chi connectivity index (χ1v) is 9.97. The minimum absolute atomic E-state index is 0.0965. The van der Waals surface area contributed by atoms with E-state index < -0.39 is 11.2 Å². The molecule has 2 aliphatic heterocycles. The van der Waals surface area contributed by atoms with E-state index >= 15 is 0 Å². The van der Waals surface area contributed by atoms with Crippen molar-refractivity contribution in [1.29, 1.82) is 0 Å². The third-order valence-corrected chi connectivity index (χ3v) is 5.21. The average molecular weight is 407 g/mol. The highest BCUT2D eigenvalue weighted by Crippen LogP contribution is 2.51. The summed E-state index contributed by atoms with van der Waals surface area (Å²) in [5.41, 5.74) is 5.88. The third-order valence-electron chi connectivity index (χ3n) is 5.21. The maximum absolute atomic E-state index is 13.9. The number of ether oxygens (including phenoxy) is 3. The molecule has 0 amide bonds. The molecule has 0 saturated heterocycles. The lowest BCUT2D eigenvalue weighted by molar-refractivity contribution is 0.120. The van der Waals surface area contributed by atoms with Crippen LogP contribution in [-0.4, -0.2) is 29.9 Å². The molecule has 1 spiro atoms. The summed E-state index contributed by atoms with van der Waals surface area (Å²) in [7, 11) is 0. The van der Waals surface area contributed by atoms with E-state index in [4.69, 9.17) is 19.9 Å². The van der Waals surface area contributed by atoms with E-state index in [1.54, 1.807) is 6.07 Å². The van der Waals surface area contributed by atoms with E-state index in [0.29, 0.717) is 28.9 Å². The van der Waals surface area contributed by atoms with Gasteiger partial charge in [-0.2, -0.15) is 0 Å². The third kappa shape index (κ3) is 3.43. The van der Waals surface area contributed by atoms with Gasteiger partial charge in [-0.25, -0.2) is 14.4 Å². The summed E-state index contributed by atoms with van der Waals surface area (Å²) in [5, 5.41) is 0. The van der Waals surface area contributed by atoms with Gasteiger partial charge in [0, 0.05) is 17.0 Å². The zero-order valence-electron chi connectivity index (χ0n) is 16.9. The summed E-state index contributed by atoms with van der Waals surface area (Å²) >= 11 is 0. The zero-order valence-corrected chi connectivity index (χ0v) is 16.9. The van der Waals surface area contributed by atoms with Crippen LogP contribution in [0.25, 0.3) is 0 Å². The topological polar surface area (TPSA) is 79.0 Å². The minimum atomic E-state index is -1.47. The molecule has 30 heavy (non-hydrogen) atoms. The van der Waals surface area contributed by atoms with Gasteiger partial charge >= 0.3 is 0 Å². The summed E-state index contributed by atoms with van der Waals surface area (Å²) in [6.45, 7) is 3.03. The van der Waals surface area contributed by atoms with Crippen molar-refractivity contribution in [3.8, 4) is 29.2 Å². The first-order chi connectivity index (χ1) is 14.3. The number of aromatic nitrogens is 1. The van der Waals surface area contributed by atoms with E-state index in [2.05, 4.69) is 21.8 Å². The summed E-state index contributed by atoms with van der Waals surface area (Å²) in [4.78, 5) is 9.02. The molecule has 1 aliphatic carbocycles. The van der Waals surface area contributed by atoms with Crippen LogP contribution in [0.1, 0.15) is 43.4 Å². The second kappa shape index (κ2) is 6.63. The summed E-state index contributed by atoms with van der Waals surface area (Å²) < 4.78 is 31.1. The first-order valence-electron chi connectivity index (χ1n) is 9.97. The summed E-state index contributed by atoms with van der Waals surface area (Å²) in [6, 6.07) is 7.64. The molecule has 2 aromatic rings. The van der Waals surface area contributed by atoms with Gasteiger partial charge in [0.1, 0.15) is 30.4 Å². The Morgan fingerprint density at radius 2 is 2.13 bits per heavy atom. The van der Waals surface area contributed by atoms with Crippen LogP contribution in [0.5, 0.6) is 17.4 Å². The molecule has 1 fully saturated rings. The number of halogens is 1. The quantitative estimate of drug-likeness (QED) is 0.786. The average Bonchev–Trinajstić information content (AvgIpc) is 3.46. The lowest BCUT2D eigenvalue weighted by Crippen LogP contribution is -2.31. The molecule has 0 radical (unpaired) electrons. The number of nitrogens with zero attached hydrogens (tertiary/aromatic N) is 2. The fourth-order valence-corrected chi connectivity index (χ4v) is 3.53. The molecule has 1 unspecified atom stereocenters. The molecule has 6 nitrogen and oxygen atoms in total. The monoisotopic (exact) mass is 407 g/mol. The zero-order chi connectivity index (χ0) is 20.9.